The van der Waals surface area contributed by atoms with Crippen LogP contribution in [0.4, 0.5) is 11.4 Å². The van der Waals surface area contributed by atoms with Crippen molar-refractivity contribution in [3.63, 3.8) is 0 Å². The zero-order valence-corrected chi connectivity index (χ0v) is 11.5. The number of hydrogen-bond donors (Lipinski definition) is 2. The highest BCUT2D eigenvalue weighted by Crippen LogP contribution is 2.29. The molecule has 0 saturated heterocycles. The molecular formula is C14H15ClN2O2. The molecule has 100 valence electrons. The molecule has 0 unspecified atom stereocenters. The fourth-order valence-corrected chi connectivity index (χ4v) is 1.72. The third-order valence-electron chi connectivity index (χ3n) is 2.58. The van der Waals surface area contributed by atoms with E-state index in [-0.39, 0.29) is 0 Å². The van der Waals surface area contributed by atoms with Gasteiger partial charge >= 0.3 is 0 Å². The zero-order chi connectivity index (χ0) is 13.7. The molecule has 0 heterocycles. The second kappa shape index (κ2) is 6.20. The topological polar surface area (TPSA) is 42.5 Å². The van der Waals surface area contributed by atoms with Crippen molar-refractivity contribution >= 4 is 23.0 Å². The predicted molar refractivity (Wildman–Crippen MR) is 78.2 cm³/mol. The molecule has 0 aliphatic heterocycles. The summed E-state index contributed by atoms with van der Waals surface area (Å²) in [6.45, 7) is 0. The van der Waals surface area contributed by atoms with Crippen LogP contribution in [0.5, 0.6) is 11.5 Å². The van der Waals surface area contributed by atoms with E-state index in [9.17, 15) is 0 Å². The van der Waals surface area contributed by atoms with E-state index in [1.54, 1.807) is 14.2 Å². The summed E-state index contributed by atoms with van der Waals surface area (Å²) in [5.41, 5.74) is 7.93. The highest BCUT2D eigenvalue weighted by molar-refractivity contribution is 6.30. The Morgan fingerprint density at radius 2 is 1.37 bits per heavy atom. The van der Waals surface area contributed by atoms with Crippen LogP contribution in [0.15, 0.2) is 42.5 Å². The first-order chi connectivity index (χ1) is 9.22. The third kappa shape index (κ3) is 3.45. The molecule has 0 spiro atoms. The summed E-state index contributed by atoms with van der Waals surface area (Å²) < 4.78 is 10.4. The molecule has 0 aliphatic rings. The Balaban J connectivity index is 2.05. The van der Waals surface area contributed by atoms with Gasteiger partial charge in [0, 0.05) is 11.1 Å². The minimum absolute atomic E-state index is 0.672. The zero-order valence-electron chi connectivity index (χ0n) is 10.7. The summed E-state index contributed by atoms with van der Waals surface area (Å²) in [5, 5.41) is 0.705. The van der Waals surface area contributed by atoms with E-state index >= 15 is 0 Å². The Bertz CT molecular complexity index is 544. The normalized spacial score (nSPS) is 9.84. The number of methoxy groups -OCH3 is 2. The van der Waals surface area contributed by atoms with Gasteiger partial charge in [0.1, 0.15) is 0 Å². The number of halogens is 1. The molecule has 0 saturated carbocycles. The van der Waals surface area contributed by atoms with E-state index in [0.29, 0.717) is 16.5 Å². The SMILES string of the molecule is COc1ccc(NNc2ccc(Cl)cc2)cc1OC. The number of hydrogen-bond acceptors (Lipinski definition) is 4. The van der Waals surface area contributed by atoms with E-state index in [0.717, 1.165) is 11.4 Å². The molecule has 0 atom stereocenters. The lowest BCUT2D eigenvalue weighted by Crippen LogP contribution is -2.08. The van der Waals surface area contributed by atoms with Gasteiger partial charge in [0.05, 0.1) is 25.6 Å². The van der Waals surface area contributed by atoms with Crippen molar-refractivity contribution in [2.24, 2.45) is 0 Å². The van der Waals surface area contributed by atoms with Crippen LogP contribution in [0.2, 0.25) is 5.02 Å². The molecule has 2 aromatic carbocycles. The number of rotatable bonds is 5. The van der Waals surface area contributed by atoms with Gasteiger partial charge in [-0.3, -0.25) is 0 Å². The summed E-state index contributed by atoms with van der Waals surface area (Å²) in [5.74, 6) is 1.37. The smallest absolute Gasteiger partial charge is 0.162 e. The van der Waals surface area contributed by atoms with Crippen LogP contribution in [-0.2, 0) is 0 Å². The first-order valence-corrected chi connectivity index (χ1v) is 6.10. The Morgan fingerprint density at radius 3 is 2.00 bits per heavy atom. The minimum Gasteiger partial charge on any atom is -0.493 e. The lowest BCUT2D eigenvalue weighted by molar-refractivity contribution is 0.355. The predicted octanol–water partition coefficient (Wildman–Crippen LogP) is 3.80. The van der Waals surface area contributed by atoms with Gasteiger partial charge in [-0.05, 0) is 36.4 Å². The van der Waals surface area contributed by atoms with Crippen LogP contribution in [-0.4, -0.2) is 14.2 Å². The maximum atomic E-state index is 5.82. The number of ether oxygens (including phenoxy) is 2. The minimum atomic E-state index is 0.672. The van der Waals surface area contributed by atoms with Crippen molar-refractivity contribution in [1.29, 1.82) is 0 Å². The Morgan fingerprint density at radius 1 is 0.789 bits per heavy atom. The third-order valence-corrected chi connectivity index (χ3v) is 2.83. The average molecular weight is 279 g/mol. The van der Waals surface area contributed by atoms with Crippen molar-refractivity contribution in [2.75, 3.05) is 25.1 Å². The Labute approximate surface area is 117 Å². The molecule has 2 rings (SSSR count). The van der Waals surface area contributed by atoms with Crippen molar-refractivity contribution in [3.8, 4) is 11.5 Å². The van der Waals surface area contributed by atoms with Crippen LogP contribution in [0, 0.1) is 0 Å². The number of nitrogens with one attached hydrogen (secondary N) is 2. The highest BCUT2D eigenvalue weighted by atomic mass is 35.5. The van der Waals surface area contributed by atoms with Crippen molar-refractivity contribution in [3.05, 3.63) is 47.5 Å². The molecule has 0 aromatic heterocycles. The molecule has 2 aromatic rings. The van der Waals surface area contributed by atoms with Crippen molar-refractivity contribution < 1.29 is 9.47 Å². The molecule has 4 nitrogen and oxygen atoms in total. The monoisotopic (exact) mass is 278 g/mol. The summed E-state index contributed by atoms with van der Waals surface area (Å²) >= 11 is 5.82. The van der Waals surface area contributed by atoms with Crippen molar-refractivity contribution in [2.45, 2.75) is 0 Å². The van der Waals surface area contributed by atoms with Gasteiger partial charge in [-0.1, -0.05) is 11.6 Å². The lowest BCUT2D eigenvalue weighted by Gasteiger charge is -2.12. The maximum Gasteiger partial charge on any atom is 0.162 e. The van der Waals surface area contributed by atoms with E-state index < -0.39 is 0 Å². The average Bonchev–Trinajstić information content (AvgIpc) is 2.46. The molecule has 0 radical (unpaired) electrons. The number of anilines is 2. The fraction of sp³-hybridized carbons (Fsp3) is 0.143. The number of benzene rings is 2. The molecule has 19 heavy (non-hydrogen) atoms. The largest absolute Gasteiger partial charge is 0.493 e. The second-order valence-electron chi connectivity index (χ2n) is 3.83. The molecule has 0 aliphatic carbocycles. The first-order valence-electron chi connectivity index (χ1n) is 5.72. The molecule has 2 N–H and O–H groups in total. The van der Waals surface area contributed by atoms with Gasteiger partial charge in [0.25, 0.3) is 0 Å². The molecule has 0 fully saturated rings. The van der Waals surface area contributed by atoms with E-state index in [4.69, 9.17) is 21.1 Å². The summed E-state index contributed by atoms with van der Waals surface area (Å²) in [6.07, 6.45) is 0. The van der Waals surface area contributed by atoms with Crippen LogP contribution < -0.4 is 20.3 Å². The van der Waals surface area contributed by atoms with Crippen molar-refractivity contribution in [1.82, 2.24) is 0 Å². The van der Waals surface area contributed by atoms with Crippen LogP contribution >= 0.6 is 11.6 Å². The molecule has 0 amide bonds. The summed E-state index contributed by atoms with van der Waals surface area (Å²) in [6, 6.07) is 13.0. The Kier molecular flexibility index (Phi) is 4.36. The second-order valence-corrected chi connectivity index (χ2v) is 4.26. The van der Waals surface area contributed by atoms with Crippen LogP contribution in [0.25, 0.3) is 0 Å². The van der Waals surface area contributed by atoms with Crippen LogP contribution in [0.1, 0.15) is 0 Å². The summed E-state index contributed by atoms with van der Waals surface area (Å²) in [4.78, 5) is 0. The first kappa shape index (κ1) is 13.4. The van der Waals surface area contributed by atoms with E-state index in [1.165, 1.54) is 0 Å². The van der Waals surface area contributed by atoms with Gasteiger partial charge in [-0.15, -0.1) is 0 Å². The molecular weight excluding hydrogens is 264 g/mol. The van der Waals surface area contributed by atoms with Crippen LogP contribution in [0.3, 0.4) is 0 Å². The quantitative estimate of drug-likeness (QED) is 0.817. The number of hydrazine groups is 1. The van der Waals surface area contributed by atoms with Gasteiger partial charge < -0.3 is 20.3 Å². The lowest BCUT2D eigenvalue weighted by atomic mass is 10.3. The molecule has 5 heteroatoms. The van der Waals surface area contributed by atoms with Gasteiger partial charge in [0.2, 0.25) is 0 Å². The van der Waals surface area contributed by atoms with Gasteiger partial charge in [0.15, 0.2) is 11.5 Å². The van der Waals surface area contributed by atoms with E-state index in [1.807, 2.05) is 42.5 Å². The summed E-state index contributed by atoms with van der Waals surface area (Å²) in [7, 11) is 3.21. The highest BCUT2D eigenvalue weighted by Gasteiger charge is 2.03. The molecule has 0 bridgehead atoms. The maximum absolute atomic E-state index is 5.82. The van der Waals surface area contributed by atoms with Gasteiger partial charge in [-0.25, -0.2) is 0 Å². The standard InChI is InChI=1S/C14H15ClN2O2/c1-18-13-8-7-12(9-14(13)19-2)17-16-11-5-3-10(15)4-6-11/h3-9,16-17H,1-2H3. The Hall–Kier alpha value is -2.07. The van der Waals surface area contributed by atoms with Gasteiger partial charge in [-0.2, -0.15) is 0 Å². The fourth-order valence-electron chi connectivity index (χ4n) is 1.59. The van der Waals surface area contributed by atoms with E-state index in [2.05, 4.69) is 10.9 Å².